The lowest BCUT2D eigenvalue weighted by Gasteiger charge is -2.12. The summed E-state index contributed by atoms with van der Waals surface area (Å²) in [7, 11) is 0. The summed E-state index contributed by atoms with van der Waals surface area (Å²) in [4.78, 5) is 21.7. The predicted molar refractivity (Wildman–Crippen MR) is 46.5 cm³/mol. The summed E-state index contributed by atoms with van der Waals surface area (Å²) in [6, 6.07) is 7.03. The normalized spacial score (nSPS) is 14.2. The Morgan fingerprint density at radius 1 is 1.15 bits per heavy atom. The van der Waals surface area contributed by atoms with Crippen LogP contribution in [0, 0.1) is 0 Å². The van der Waals surface area contributed by atoms with E-state index in [0.29, 0.717) is 5.75 Å². The molecule has 0 aliphatic carbocycles. The van der Waals surface area contributed by atoms with Gasteiger partial charge in [0.1, 0.15) is 5.75 Å². The van der Waals surface area contributed by atoms with Gasteiger partial charge in [-0.1, -0.05) is 18.2 Å². The molecular weight excluding hydrogens is 167 g/mol. The number of esters is 1. The van der Waals surface area contributed by atoms with E-state index >= 15 is 0 Å². The molecule has 2 rings (SSSR count). The maximum absolute atomic E-state index is 10.9. The summed E-state index contributed by atoms with van der Waals surface area (Å²) in [6.45, 7) is 0. The van der Waals surface area contributed by atoms with Crippen LogP contribution in [-0.2, 0) is 16.0 Å². The second-order valence-corrected chi connectivity index (χ2v) is 2.60. The topological polar surface area (TPSA) is 43.4 Å². The Morgan fingerprint density at radius 3 is 2.62 bits per heavy atom. The first kappa shape index (κ1) is 9.51. The maximum atomic E-state index is 10.9. The van der Waals surface area contributed by atoms with E-state index in [4.69, 9.17) is 4.74 Å². The zero-order chi connectivity index (χ0) is 8.55. The van der Waals surface area contributed by atoms with Crippen molar-refractivity contribution >= 4 is 20.2 Å². The fraction of sp³-hybridized carbons (Fsp3) is 0.111. The average molecular weight is 173 g/mol. The van der Waals surface area contributed by atoms with E-state index in [9.17, 15) is 9.59 Å². The minimum Gasteiger partial charge on any atom is -0.420 e. The van der Waals surface area contributed by atoms with Crippen molar-refractivity contribution in [3.63, 3.8) is 0 Å². The summed E-state index contributed by atoms with van der Waals surface area (Å²) in [6.07, 6.45) is 0.162. The number of hydrogen-bond donors (Lipinski definition) is 0. The Morgan fingerprint density at radius 2 is 1.85 bits per heavy atom. The number of rotatable bonds is 0. The Bertz CT molecular complexity index is 325. The molecule has 1 aliphatic heterocycles. The molecule has 0 spiro atoms. The first-order valence-electron chi connectivity index (χ1n) is 3.60. The number of para-hydroxylation sites is 1. The molecule has 1 aromatic carbocycles. The minimum atomic E-state index is -0.756. The molecule has 0 atom stereocenters. The van der Waals surface area contributed by atoms with Crippen LogP contribution >= 0.6 is 0 Å². The van der Waals surface area contributed by atoms with Crippen LogP contribution in [0.5, 0.6) is 5.75 Å². The lowest BCUT2D eigenvalue weighted by molar-refractivity contribution is -0.147. The molecule has 3 nitrogen and oxygen atoms in total. The van der Waals surface area contributed by atoms with Crippen LogP contribution in [0.15, 0.2) is 24.3 Å². The van der Waals surface area contributed by atoms with Gasteiger partial charge in [-0.05, 0) is 6.07 Å². The van der Waals surface area contributed by atoms with Crippen LogP contribution < -0.4 is 4.74 Å². The molecule has 0 fully saturated rings. The molecule has 0 aromatic heterocycles. The van der Waals surface area contributed by atoms with Gasteiger partial charge in [0.2, 0.25) is 5.78 Å². The van der Waals surface area contributed by atoms with E-state index in [1.54, 1.807) is 18.2 Å². The van der Waals surface area contributed by atoms with Crippen molar-refractivity contribution in [1.82, 2.24) is 0 Å². The second kappa shape index (κ2) is 3.43. The Hall–Kier alpha value is -1.58. The van der Waals surface area contributed by atoms with E-state index in [-0.39, 0.29) is 14.8 Å². The number of fused-ring (bicyclic) bond motifs is 1. The van der Waals surface area contributed by atoms with E-state index in [0.717, 1.165) is 5.56 Å². The van der Waals surface area contributed by atoms with Gasteiger partial charge in [0.15, 0.2) is 0 Å². The van der Waals surface area contributed by atoms with Crippen LogP contribution in [0.3, 0.4) is 0 Å². The van der Waals surface area contributed by atoms with Crippen molar-refractivity contribution in [2.45, 2.75) is 6.42 Å². The van der Waals surface area contributed by atoms with E-state index in [2.05, 4.69) is 0 Å². The molecular formula is C9H6BO3. The highest BCUT2D eigenvalue weighted by molar-refractivity contribution is 6.35. The Labute approximate surface area is 77.3 Å². The van der Waals surface area contributed by atoms with Gasteiger partial charge in [0, 0.05) is 20.4 Å². The highest BCUT2D eigenvalue weighted by Gasteiger charge is 2.24. The van der Waals surface area contributed by atoms with Gasteiger partial charge in [-0.25, -0.2) is 4.79 Å². The molecule has 0 saturated carbocycles. The molecule has 0 N–H and O–H groups in total. The van der Waals surface area contributed by atoms with E-state index in [1.807, 2.05) is 6.07 Å². The van der Waals surface area contributed by atoms with Crippen molar-refractivity contribution in [3.05, 3.63) is 29.8 Å². The number of ether oxygens (including phenoxy) is 1. The van der Waals surface area contributed by atoms with Gasteiger partial charge in [-0.3, -0.25) is 4.79 Å². The molecule has 1 aliphatic rings. The van der Waals surface area contributed by atoms with Crippen LogP contribution in [0.1, 0.15) is 5.56 Å². The van der Waals surface area contributed by atoms with Crippen molar-refractivity contribution in [2.75, 3.05) is 0 Å². The molecule has 1 aromatic rings. The van der Waals surface area contributed by atoms with Crippen LogP contribution in [0.25, 0.3) is 0 Å². The van der Waals surface area contributed by atoms with Crippen molar-refractivity contribution in [1.29, 1.82) is 0 Å². The highest BCUT2D eigenvalue weighted by atomic mass is 16.5. The molecule has 4 heteroatoms. The lowest BCUT2D eigenvalue weighted by Crippen LogP contribution is -2.27. The monoisotopic (exact) mass is 173 g/mol. The summed E-state index contributed by atoms with van der Waals surface area (Å²) < 4.78 is 4.76. The van der Waals surface area contributed by atoms with E-state index in [1.165, 1.54) is 0 Å². The van der Waals surface area contributed by atoms with Gasteiger partial charge in [0.05, 0.1) is 0 Å². The predicted octanol–water partition coefficient (Wildman–Crippen LogP) is 0.336. The number of ketones is 1. The molecule has 0 bridgehead atoms. The van der Waals surface area contributed by atoms with Crippen LogP contribution in [0.2, 0.25) is 0 Å². The fourth-order valence-electron chi connectivity index (χ4n) is 1.15. The third kappa shape index (κ3) is 1.61. The third-order valence-electron chi connectivity index (χ3n) is 1.75. The lowest BCUT2D eigenvalue weighted by atomic mass is 10.1. The second-order valence-electron chi connectivity index (χ2n) is 2.60. The van der Waals surface area contributed by atoms with Gasteiger partial charge in [-0.2, -0.15) is 0 Å². The van der Waals surface area contributed by atoms with Gasteiger partial charge in [0.25, 0.3) is 0 Å². The first-order valence-corrected chi connectivity index (χ1v) is 3.60. The summed E-state index contributed by atoms with van der Waals surface area (Å²) in [5.74, 6) is -0.732. The van der Waals surface area contributed by atoms with Crippen molar-refractivity contribution in [3.8, 4) is 5.75 Å². The first-order chi connectivity index (χ1) is 5.77. The largest absolute Gasteiger partial charge is 0.420 e. The smallest absolute Gasteiger partial charge is 0.380 e. The molecule has 0 amide bonds. The summed E-state index contributed by atoms with van der Waals surface area (Å²) >= 11 is 0. The quantitative estimate of drug-likeness (QED) is 0.246. The molecule has 0 saturated heterocycles. The van der Waals surface area contributed by atoms with Crippen molar-refractivity contribution < 1.29 is 14.3 Å². The maximum Gasteiger partial charge on any atom is 0.380 e. The average Bonchev–Trinajstić information content (AvgIpc) is 2.07. The number of hydrogen-bond acceptors (Lipinski definition) is 3. The van der Waals surface area contributed by atoms with Gasteiger partial charge in [-0.15, -0.1) is 0 Å². The summed E-state index contributed by atoms with van der Waals surface area (Å²) in [5.41, 5.74) is 0.780. The molecule has 3 radical (unpaired) electrons. The van der Waals surface area contributed by atoms with Crippen molar-refractivity contribution in [2.24, 2.45) is 0 Å². The minimum absolute atomic E-state index is 0. The summed E-state index contributed by atoms with van der Waals surface area (Å²) in [5, 5.41) is 0. The Kier molecular flexibility index (Phi) is 2.51. The van der Waals surface area contributed by atoms with Gasteiger partial charge >= 0.3 is 5.97 Å². The van der Waals surface area contributed by atoms with Crippen LogP contribution in [0.4, 0.5) is 0 Å². The highest BCUT2D eigenvalue weighted by Crippen LogP contribution is 2.22. The fourth-order valence-corrected chi connectivity index (χ4v) is 1.15. The van der Waals surface area contributed by atoms with Gasteiger partial charge < -0.3 is 4.74 Å². The Balaban J connectivity index is 0.000000845. The SMILES string of the molecule is O=C1Cc2ccccc2OC1=O.[B]. The standard InChI is InChI=1S/C9H6O3.B/c10-7-5-6-3-1-2-4-8(6)12-9(7)11;/h1-4H,5H2;. The zero-order valence-corrected chi connectivity index (χ0v) is 6.82. The zero-order valence-electron chi connectivity index (χ0n) is 6.82. The van der Waals surface area contributed by atoms with Crippen LogP contribution in [-0.4, -0.2) is 20.2 Å². The molecule has 1 heterocycles. The third-order valence-corrected chi connectivity index (χ3v) is 1.75. The molecule has 0 unspecified atom stereocenters. The number of benzene rings is 1. The number of carbonyl (C=O) groups is 2. The molecule has 13 heavy (non-hydrogen) atoms. The number of carbonyl (C=O) groups excluding carboxylic acids is 2. The van der Waals surface area contributed by atoms with E-state index < -0.39 is 11.8 Å². The number of Topliss-reactive ketones (excluding diaryl/α,β-unsaturated/α-hetero) is 1. The molecule has 63 valence electrons.